The highest BCUT2D eigenvalue weighted by atomic mass is 16.4. The maximum Gasteiger partial charge on any atom is 0.312 e. The minimum atomic E-state index is -0.772. The third-order valence-corrected chi connectivity index (χ3v) is 5.13. The van der Waals surface area contributed by atoms with E-state index < -0.39 is 11.9 Å². The van der Waals surface area contributed by atoms with Crippen LogP contribution in [0.4, 0.5) is 0 Å². The highest BCUT2D eigenvalue weighted by molar-refractivity contribution is 5.78. The first-order valence-corrected chi connectivity index (χ1v) is 9.07. The fourth-order valence-electron chi connectivity index (χ4n) is 3.81. The van der Waals surface area contributed by atoms with E-state index in [-0.39, 0.29) is 0 Å². The van der Waals surface area contributed by atoms with Gasteiger partial charge in [-0.2, -0.15) is 5.10 Å². The Hall–Kier alpha value is -2.88. The lowest BCUT2D eigenvalue weighted by atomic mass is 9.85. The Morgan fingerprint density at radius 1 is 1.15 bits per heavy atom. The number of hydrogen-bond donors (Lipinski definition) is 1. The molecule has 0 saturated carbocycles. The van der Waals surface area contributed by atoms with Crippen molar-refractivity contribution in [1.29, 1.82) is 0 Å². The molecule has 0 radical (unpaired) electrons. The van der Waals surface area contributed by atoms with Crippen LogP contribution in [-0.4, -0.2) is 20.9 Å². The summed E-state index contributed by atoms with van der Waals surface area (Å²) in [7, 11) is 0. The second-order valence-electron chi connectivity index (χ2n) is 7.00. The van der Waals surface area contributed by atoms with E-state index >= 15 is 0 Å². The quantitative estimate of drug-likeness (QED) is 0.761. The van der Waals surface area contributed by atoms with Crippen molar-refractivity contribution in [2.45, 2.75) is 38.6 Å². The van der Waals surface area contributed by atoms with E-state index in [1.807, 2.05) is 22.9 Å². The van der Waals surface area contributed by atoms with Gasteiger partial charge in [-0.1, -0.05) is 60.2 Å². The fraction of sp³-hybridized carbons (Fsp3) is 0.273. The van der Waals surface area contributed by atoms with Gasteiger partial charge in [0, 0.05) is 11.1 Å². The predicted molar refractivity (Wildman–Crippen MR) is 101 cm³/mol. The van der Waals surface area contributed by atoms with E-state index in [0.29, 0.717) is 13.0 Å². The summed E-state index contributed by atoms with van der Waals surface area (Å²) >= 11 is 0. The standard InChI is InChI=1S/C22H22N2O2/c1-15-10-12-17(13-11-15)21-18-8-5-9-19(22(25)26)20(18)23-24(21)14-16-6-3-2-4-7-16/h2-4,6-7,10-13,19H,5,8-9,14H2,1H3,(H,25,26). The number of rotatable bonds is 4. The summed E-state index contributed by atoms with van der Waals surface area (Å²) in [5.41, 5.74) is 6.38. The van der Waals surface area contributed by atoms with Crippen LogP contribution in [0.25, 0.3) is 11.3 Å². The Morgan fingerprint density at radius 2 is 1.88 bits per heavy atom. The lowest BCUT2D eigenvalue weighted by molar-refractivity contribution is -0.139. The molecular formula is C22H22N2O2. The molecular weight excluding hydrogens is 324 g/mol. The molecule has 0 saturated heterocycles. The van der Waals surface area contributed by atoms with E-state index in [1.54, 1.807) is 0 Å². The first-order valence-electron chi connectivity index (χ1n) is 9.07. The van der Waals surface area contributed by atoms with Gasteiger partial charge in [0.15, 0.2) is 0 Å². The molecule has 4 rings (SSSR count). The molecule has 1 unspecified atom stereocenters. The fourth-order valence-corrected chi connectivity index (χ4v) is 3.81. The Balaban J connectivity index is 1.86. The van der Waals surface area contributed by atoms with Crippen molar-refractivity contribution in [2.24, 2.45) is 0 Å². The number of aromatic nitrogens is 2. The van der Waals surface area contributed by atoms with Crippen LogP contribution in [0.2, 0.25) is 0 Å². The van der Waals surface area contributed by atoms with E-state index in [9.17, 15) is 9.90 Å². The predicted octanol–water partition coefficient (Wildman–Crippen LogP) is 4.41. The normalized spacial score (nSPS) is 16.3. The van der Waals surface area contributed by atoms with E-state index in [4.69, 9.17) is 5.10 Å². The molecule has 1 heterocycles. The van der Waals surface area contributed by atoms with Gasteiger partial charge in [-0.3, -0.25) is 9.48 Å². The molecule has 4 nitrogen and oxygen atoms in total. The van der Waals surface area contributed by atoms with Gasteiger partial charge in [-0.05, 0) is 31.7 Å². The van der Waals surface area contributed by atoms with Crippen molar-refractivity contribution in [3.63, 3.8) is 0 Å². The van der Waals surface area contributed by atoms with Crippen molar-refractivity contribution < 1.29 is 9.90 Å². The average Bonchev–Trinajstić information content (AvgIpc) is 3.01. The number of carbonyl (C=O) groups is 1. The van der Waals surface area contributed by atoms with Gasteiger partial charge in [-0.15, -0.1) is 0 Å². The maximum absolute atomic E-state index is 11.7. The third kappa shape index (κ3) is 3.03. The number of hydrogen-bond acceptors (Lipinski definition) is 2. The topological polar surface area (TPSA) is 55.1 Å². The maximum atomic E-state index is 11.7. The first kappa shape index (κ1) is 16.6. The van der Waals surface area contributed by atoms with Gasteiger partial charge in [0.25, 0.3) is 0 Å². The molecule has 0 spiro atoms. The molecule has 0 amide bonds. The van der Waals surface area contributed by atoms with Gasteiger partial charge in [-0.25, -0.2) is 0 Å². The summed E-state index contributed by atoms with van der Waals surface area (Å²) in [6, 6.07) is 18.6. The molecule has 2 aromatic carbocycles. The minimum Gasteiger partial charge on any atom is -0.481 e. The van der Waals surface area contributed by atoms with Gasteiger partial charge >= 0.3 is 5.97 Å². The molecule has 26 heavy (non-hydrogen) atoms. The third-order valence-electron chi connectivity index (χ3n) is 5.13. The van der Waals surface area contributed by atoms with Crippen LogP contribution in [0.15, 0.2) is 54.6 Å². The largest absolute Gasteiger partial charge is 0.481 e. The number of aryl methyl sites for hydroxylation is 1. The second-order valence-corrected chi connectivity index (χ2v) is 7.00. The molecule has 1 aliphatic rings. The van der Waals surface area contributed by atoms with Gasteiger partial charge in [0.1, 0.15) is 5.92 Å². The molecule has 4 heteroatoms. The summed E-state index contributed by atoms with van der Waals surface area (Å²) in [4.78, 5) is 11.7. The molecule has 0 aliphatic heterocycles. The Labute approximate surface area is 153 Å². The van der Waals surface area contributed by atoms with E-state index in [0.717, 1.165) is 40.9 Å². The van der Waals surface area contributed by atoms with Crippen LogP contribution in [0, 0.1) is 6.92 Å². The summed E-state index contributed by atoms with van der Waals surface area (Å²) in [5, 5.41) is 14.4. The Kier molecular flexibility index (Phi) is 4.33. The average molecular weight is 346 g/mol. The first-order chi connectivity index (χ1) is 12.6. The highest BCUT2D eigenvalue weighted by Gasteiger charge is 2.32. The zero-order valence-electron chi connectivity index (χ0n) is 14.9. The van der Waals surface area contributed by atoms with Crippen LogP contribution < -0.4 is 0 Å². The smallest absolute Gasteiger partial charge is 0.312 e. The minimum absolute atomic E-state index is 0.500. The lowest BCUT2D eigenvalue weighted by Crippen LogP contribution is -2.18. The van der Waals surface area contributed by atoms with Crippen LogP contribution in [0.5, 0.6) is 0 Å². The number of fused-ring (bicyclic) bond motifs is 1. The van der Waals surface area contributed by atoms with Crippen molar-refractivity contribution in [3.8, 4) is 11.3 Å². The number of nitrogens with zero attached hydrogens (tertiary/aromatic N) is 2. The van der Waals surface area contributed by atoms with Crippen LogP contribution in [0.1, 0.15) is 41.1 Å². The summed E-state index contributed by atoms with van der Waals surface area (Å²) in [5.74, 6) is -1.27. The van der Waals surface area contributed by atoms with Crippen LogP contribution in [-0.2, 0) is 17.8 Å². The number of carboxylic acids is 1. The number of aliphatic carboxylic acids is 1. The summed E-state index contributed by atoms with van der Waals surface area (Å²) in [6.45, 7) is 2.71. The Morgan fingerprint density at radius 3 is 2.58 bits per heavy atom. The molecule has 3 aromatic rings. The highest BCUT2D eigenvalue weighted by Crippen LogP contribution is 2.37. The van der Waals surface area contributed by atoms with Crippen molar-refractivity contribution in [1.82, 2.24) is 9.78 Å². The zero-order chi connectivity index (χ0) is 18.1. The second kappa shape index (κ2) is 6.79. The molecule has 1 aromatic heterocycles. The monoisotopic (exact) mass is 346 g/mol. The lowest BCUT2D eigenvalue weighted by Gasteiger charge is -2.18. The molecule has 1 aliphatic carbocycles. The van der Waals surface area contributed by atoms with Crippen molar-refractivity contribution >= 4 is 5.97 Å². The van der Waals surface area contributed by atoms with Crippen molar-refractivity contribution in [2.75, 3.05) is 0 Å². The Bertz CT molecular complexity index is 927. The van der Waals surface area contributed by atoms with Gasteiger partial charge < -0.3 is 5.11 Å². The summed E-state index contributed by atoms with van der Waals surface area (Å²) < 4.78 is 1.99. The van der Waals surface area contributed by atoms with E-state index in [2.05, 4.69) is 43.3 Å². The molecule has 1 atom stereocenters. The van der Waals surface area contributed by atoms with Gasteiger partial charge in [0.05, 0.1) is 17.9 Å². The number of carboxylic acid groups (broad SMARTS) is 1. The molecule has 0 fully saturated rings. The summed E-state index contributed by atoms with van der Waals surface area (Å²) in [6.07, 6.45) is 2.44. The molecule has 132 valence electrons. The molecule has 1 N–H and O–H groups in total. The molecule has 0 bridgehead atoms. The van der Waals surface area contributed by atoms with Gasteiger partial charge in [0.2, 0.25) is 0 Å². The van der Waals surface area contributed by atoms with Crippen molar-refractivity contribution in [3.05, 3.63) is 77.0 Å². The number of benzene rings is 2. The van der Waals surface area contributed by atoms with Crippen LogP contribution >= 0.6 is 0 Å². The van der Waals surface area contributed by atoms with Crippen LogP contribution in [0.3, 0.4) is 0 Å². The SMILES string of the molecule is Cc1ccc(-c2c3c(nn2Cc2ccccc2)C(C(=O)O)CCC3)cc1. The van der Waals surface area contributed by atoms with E-state index in [1.165, 1.54) is 5.56 Å². The zero-order valence-corrected chi connectivity index (χ0v) is 14.9.